The summed E-state index contributed by atoms with van der Waals surface area (Å²) in [5.74, 6) is 2.76. The molecule has 4 saturated carbocycles. The van der Waals surface area contributed by atoms with Gasteiger partial charge in [0, 0.05) is 12.3 Å². The molecule has 22 nitrogen and oxygen atoms in total. The molecule has 6 saturated heterocycles. The van der Waals surface area contributed by atoms with E-state index in [2.05, 4.69) is 27.7 Å². The minimum Gasteiger partial charge on any atom is -0.394 e. The third kappa shape index (κ3) is 9.06. The van der Waals surface area contributed by atoms with Crippen molar-refractivity contribution in [1.29, 1.82) is 0 Å². The number of hydrogen-bond acceptors (Lipinski definition) is 22. The van der Waals surface area contributed by atoms with Crippen molar-refractivity contribution in [2.45, 2.75) is 220 Å². The van der Waals surface area contributed by atoms with Crippen LogP contribution in [-0.4, -0.2) is 229 Å². The molecule has 6 heterocycles. The Labute approximate surface area is 419 Å². The summed E-state index contributed by atoms with van der Waals surface area (Å²) in [6, 6.07) is 0. The lowest BCUT2D eigenvalue weighted by Gasteiger charge is -2.61. The van der Waals surface area contributed by atoms with Crippen molar-refractivity contribution in [1.82, 2.24) is 0 Å². The molecule has 6 aliphatic heterocycles. The molecule has 0 amide bonds. The molecule has 4 aliphatic carbocycles. The predicted molar refractivity (Wildman–Crippen MR) is 242 cm³/mol. The first-order valence-electron chi connectivity index (χ1n) is 26.7. The van der Waals surface area contributed by atoms with Crippen molar-refractivity contribution in [3.05, 3.63) is 0 Å². The Bertz CT molecular complexity index is 1840. The van der Waals surface area contributed by atoms with E-state index in [4.69, 9.17) is 47.4 Å². The van der Waals surface area contributed by atoms with E-state index in [1.165, 1.54) is 0 Å². The van der Waals surface area contributed by atoms with Crippen LogP contribution >= 0.6 is 0 Å². The maximum atomic E-state index is 11.8. The first-order valence-corrected chi connectivity index (χ1v) is 26.7. The van der Waals surface area contributed by atoms with Gasteiger partial charge in [-0.15, -0.1) is 0 Å². The van der Waals surface area contributed by atoms with Crippen LogP contribution in [0.1, 0.15) is 91.9 Å². The van der Waals surface area contributed by atoms with Gasteiger partial charge in [-0.3, -0.25) is 0 Å². The first-order chi connectivity index (χ1) is 34.2. The van der Waals surface area contributed by atoms with Crippen molar-refractivity contribution < 1.29 is 109 Å². The minimum absolute atomic E-state index is 0.0232. The highest BCUT2D eigenvalue weighted by Gasteiger charge is 2.69. The van der Waals surface area contributed by atoms with Gasteiger partial charge in [0.2, 0.25) is 0 Å². The van der Waals surface area contributed by atoms with Crippen LogP contribution in [-0.2, 0) is 47.4 Å². The van der Waals surface area contributed by atoms with Gasteiger partial charge in [-0.05, 0) is 104 Å². The molecule has 10 aliphatic rings. The molecule has 10 fully saturated rings. The Morgan fingerprint density at radius 2 is 1.21 bits per heavy atom. The van der Waals surface area contributed by atoms with Gasteiger partial charge in [0.1, 0.15) is 85.0 Å². The number of rotatable bonds is 12. The molecule has 12 N–H and O–H groups in total. The van der Waals surface area contributed by atoms with E-state index in [1.807, 2.05) is 0 Å². The summed E-state index contributed by atoms with van der Waals surface area (Å²) in [6.07, 6.45) is -19.6. The van der Waals surface area contributed by atoms with Gasteiger partial charge in [-0.2, -0.15) is 0 Å². The topological polar surface area (TPSA) is 335 Å². The second-order valence-electron chi connectivity index (χ2n) is 24.0. The van der Waals surface area contributed by atoms with Crippen LogP contribution in [0.4, 0.5) is 0 Å². The fraction of sp³-hybridized carbons (Fsp3) is 1.00. The second kappa shape index (κ2) is 20.7. The Morgan fingerprint density at radius 1 is 0.569 bits per heavy atom. The number of ether oxygens (including phenoxy) is 10. The molecule has 30 atom stereocenters. The summed E-state index contributed by atoms with van der Waals surface area (Å²) in [5, 5.41) is 129. The molecule has 10 rings (SSSR count). The molecule has 414 valence electrons. The zero-order valence-corrected chi connectivity index (χ0v) is 41.8. The highest BCUT2D eigenvalue weighted by atomic mass is 16.8. The van der Waals surface area contributed by atoms with Crippen LogP contribution in [0.5, 0.6) is 0 Å². The summed E-state index contributed by atoms with van der Waals surface area (Å²) in [6.45, 7) is 6.54. The highest BCUT2D eigenvalue weighted by Crippen LogP contribution is 2.71. The maximum absolute atomic E-state index is 11.8. The average Bonchev–Trinajstić information content (AvgIpc) is 3.94. The molecule has 0 aromatic rings. The summed E-state index contributed by atoms with van der Waals surface area (Å²) >= 11 is 0. The molecule has 22 heteroatoms. The number of hydrogen-bond donors (Lipinski definition) is 12. The van der Waals surface area contributed by atoms with Crippen molar-refractivity contribution in [2.75, 3.05) is 39.6 Å². The molecule has 0 aromatic carbocycles. The Hall–Kier alpha value is -0.880. The van der Waals surface area contributed by atoms with Gasteiger partial charge in [-0.1, -0.05) is 27.7 Å². The Morgan fingerprint density at radius 3 is 1.88 bits per heavy atom. The van der Waals surface area contributed by atoms with Crippen LogP contribution in [0.25, 0.3) is 0 Å². The summed E-state index contributed by atoms with van der Waals surface area (Å²) in [5.41, 5.74) is -1.90. The van der Waals surface area contributed by atoms with Crippen LogP contribution in [0.15, 0.2) is 0 Å². The number of aliphatic hydroxyl groups excluding tert-OH is 11. The zero-order valence-electron chi connectivity index (χ0n) is 41.8. The third-order valence-corrected chi connectivity index (χ3v) is 20.1. The number of aliphatic hydroxyl groups is 12. The lowest BCUT2D eigenvalue weighted by molar-refractivity contribution is -0.399. The number of fused-ring (bicyclic) bond motifs is 7. The summed E-state index contributed by atoms with van der Waals surface area (Å²) < 4.78 is 61.9. The summed E-state index contributed by atoms with van der Waals surface area (Å²) in [7, 11) is 0. The highest BCUT2D eigenvalue weighted by molar-refractivity contribution is 5.16. The van der Waals surface area contributed by atoms with Gasteiger partial charge in [0.25, 0.3) is 0 Å². The first kappa shape index (κ1) is 54.5. The fourth-order valence-electron chi connectivity index (χ4n) is 15.9. The van der Waals surface area contributed by atoms with Crippen molar-refractivity contribution in [3.63, 3.8) is 0 Å². The second-order valence-corrected chi connectivity index (χ2v) is 24.0. The smallest absolute Gasteiger partial charge is 0.187 e. The van der Waals surface area contributed by atoms with Crippen LogP contribution < -0.4 is 0 Å². The molecule has 0 aromatic heterocycles. The van der Waals surface area contributed by atoms with Crippen LogP contribution in [0.2, 0.25) is 0 Å². The van der Waals surface area contributed by atoms with E-state index in [0.29, 0.717) is 48.3 Å². The SMILES string of the molecule is C[C@@H]1CC[C@@]2(OC1)O[C@H]1C[C@H]3[C@@H]4CCC5C[C@@H](O[C@@H]6O[C@H](CO)[C@H](O)[C@H](O[C@@H]7O[C@H](CO)[C@@H](O[C@@H]8OC[C@](O)(CO)[C@H]8O)[C@H](O)[C@H]7O)[C@H]6O[C@@H]6O[C@H](CO)[C@@H](O)[C@H](O)[C@H]6O)CC[C@]5(C)[C@H]4CC[C@]3(C)C1[C@@H]2C. The van der Waals surface area contributed by atoms with Gasteiger partial charge >= 0.3 is 0 Å². The largest absolute Gasteiger partial charge is 0.394 e. The molecule has 1 spiro atoms. The van der Waals surface area contributed by atoms with E-state index < -0.39 is 155 Å². The quantitative estimate of drug-likeness (QED) is 0.0918. The zero-order chi connectivity index (χ0) is 51.4. The van der Waals surface area contributed by atoms with Gasteiger partial charge < -0.3 is 109 Å². The third-order valence-electron chi connectivity index (χ3n) is 20.1. The van der Waals surface area contributed by atoms with Gasteiger partial charge in [-0.25, -0.2) is 0 Å². The van der Waals surface area contributed by atoms with E-state index in [1.54, 1.807) is 0 Å². The molecular formula is C50H82O22. The fourth-order valence-corrected chi connectivity index (χ4v) is 15.9. The maximum Gasteiger partial charge on any atom is 0.187 e. The molecule has 0 bridgehead atoms. The standard InChI is InChI=1S/C50H82O22/c1-21-7-12-50(64-18-21)22(2)32-28(72-50)14-27-25-6-5-23-13-24(8-10-47(23,3)26(25)9-11-48(27,32)4)65-45-41(71-43-37(59)35(57)33(55)29(15-51)66-43)40(34(56)30(16-52)67-45)70-44-38(60)36(58)39(31(17-53)68-44)69-46-42(61)49(62,19-54)20-63-46/h21-46,51-62H,5-20H2,1-4H3/t21-,22+,23?,24+,25-,26+,27+,28+,29-,30-,31-,32?,33-,34+,35+,36-,37-,38-,39-,40+,41-,42+,43+,44+,45-,46+,47+,48+,49-,50-/m1/s1. The van der Waals surface area contributed by atoms with Gasteiger partial charge in [0.15, 0.2) is 30.9 Å². The van der Waals surface area contributed by atoms with E-state index >= 15 is 0 Å². The predicted octanol–water partition coefficient (Wildman–Crippen LogP) is -2.27. The van der Waals surface area contributed by atoms with Crippen LogP contribution in [0, 0.1) is 52.3 Å². The molecule has 0 radical (unpaired) electrons. The van der Waals surface area contributed by atoms with Crippen molar-refractivity contribution >= 4 is 0 Å². The van der Waals surface area contributed by atoms with Crippen molar-refractivity contribution in [2.24, 2.45) is 52.3 Å². The van der Waals surface area contributed by atoms with Gasteiger partial charge in [0.05, 0.1) is 51.8 Å². The molecule has 72 heavy (non-hydrogen) atoms. The lowest BCUT2D eigenvalue weighted by atomic mass is 9.44. The Balaban J connectivity index is 0.859. The molecule has 2 unspecified atom stereocenters. The molecular weight excluding hydrogens is 953 g/mol. The minimum atomic E-state index is -2.09. The van der Waals surface area contributed by atoms with E-state index in [9.17, 15) is 61.3 Å². The van der Waals surface area contributed by atoms with Crippen LogP contribution in [0.3, 0.4) is 0 Å². The lowest BCUT2D eigenvalue weighted by Crippen LogP contribution is -2.68. The monoisotopic (exact) mass is 1030 g/mol. The summed E-state index contributed by atoms with van der Waals surface area (Å²) in [4.78, 5) is 0. The van der Waals surface area contributed by atoms with E-state index in [-0.39, 0.29) is 22.9 Å². The van der Waals surface area contributed by atoms with Crippen molar-refractivity contribution in [3.8, 4) is 0 Å². The normalized spacial score (nSPS) is 57.7. The Kier molecular flexibility index (Phi) is 15.7. The van der Waals surface area contributed by atoms with E-state index in [0.717, 1.165) is 58.0 Å². The average molecular weight is 1040 g/mol.